The third kappa shape index (κ3) is 3.34. The number of hydrogen-bond acceptors (Lipinski definition) is 6. The maximum absolute atomic E-state index is 11.9. The van der Waals surface area contributed by atoms with Gasteiger partial charge in [-0.1, -0.05) is 12.1 Å². The van der Waals surface area contributed by atoms with Crippen LogP contribution in [0.15, 0.2) is 53.2 Å². The molecule has 7 nitrogen and oxygen atoms in total. The minimum absolute atomic E-state index is 0.142. The van der Waals surface area contributed by atoms with Crippen molar-refractivity contribution in [3.63, 3.8) is 0 Å². The van der Waals surface area contributed by atoms with E-state index in [1.165, 1.54) is 0 Å². The van der Waals surface area contributed by atoms with E-state index < -0.39 is 0 Å². The summed E-state index contributed by atoms with van der Waals surface area (Å²) in [5, 5.41) is 10.6. The average Bonchev–Trinajstić information content (AvgIpc) is 3.09. The fraction of sp³-hybridized carbons (Fsp3) is 0.125. The first kappa shape index (κ1) is 14.7. The number of carbonyl (C=O) groups excluding carboxylic acids is 1. The zero-order valence-electron chi connectivity index (χ0n) is 12.4. The van der Waals surface area contributed by atoms with E-state index in [0.29, 0.717) is 28.7 Å². The van der Waals surface area contributed by atoms with Crippen molar-refractivity contribution in [3.05, 3.63) is 60.2 Å². The predicted octanol–water partition coefficient (Wildman–Crippen LogP) is 2.07. The maximum Gasteiger partial charge on any atom is 0.251 e. The van der Waals surface area contributed by atoms with Gasteiger partial charge < -0.3 is 14.5 Å². The fourth-order valence-electron chi connectivity index (χ4n) is 2.02. The summed E-state index contributed by atoms with van der Waals surface area (Å²) in [7, 11) is 1.57. The molecular weight excluding hydrogens is 296 g/mol. The number of benzene rings is 1. The summed E-state index contributed by atoms with van der Waals surface area (Å²) in [5.74, 6) is 1.07. The number of rotatable bonds is 5. The topological polar surface area (TPSA) is 90.1 Å². The molecule has 3 aromatic rings. The van der Waals surface area contributed by atoms with E-state index in [4.69, 9.17) is 9.15 Å². The lowest BCUT2D eigenvalue weighted by Gasteiger charge is -2.03. The molecule has 1 N–H and O–H groups in total. The van der Waals surface area contributed by atoms with Crippen LogP contribution in [0.25, 0.3) is 11.5 Å². The Balaban J connectivity index is 1.69. The number of ether oxygens (including phenoxy) is 1. The number of methoxy groups -OCH3 is 1. The number of para-hydroxylation sites is 1. The Morgan fingerprint density at radius 3 is 2.74 bits per heavy atom. The fourth-order valence-corrected chi connectivity index (χ4v) is 2.02. The van der Waals surface area contributed by atoms with E-state index >= 15 is 0 Å². The number of hydrogen-bond donors (Lipinski definition) is 1. The smallest absolute Gasteiger partial charge is 0.251 e. The van der Waals surface area contributed by atoms with Crippen molar-refractivity contribution in [2.24, 2.45) is 0 Å². The molecule has 1 amide bonds. The summed E-state index contributed by atoms with van der Waals surface area (Å²) in [6, 6.07) is 10.6. The first-order valence-corrected chi connectivity index (χ1v) is 6.92. The number of nitrogens with zero attached hydrogens (tertiary/aromatic N) is 3. The Kier molecular flexibility index (Phi) is 4.28. The van der Waals surface area contributed by atoms with Gasteiger partial charge in [0.05, 0.1) is 19.2 Å². The van der Waals surface area contributed by atoms with Gasteiger partial charge in [0.1, 0.15) is 5.75 Å². The molecule has 0 fully saturated rings. The molecule has 0 unspecified atom stereocenters. The van der Waals surface area contributed by atoms with Crippen LogP contribution in [-0.4, -0.2) is 28.2 Å². The van der Waals surface area contributed by atoms with Crippen molar-refractivity contribution in [1.29, 1.82) is 0 Å². The first-order chi connectivity index (χ1) is 11.3. The molecule has 0 atom stereocenters. The van der Waals surface area contributed by atoms with E-state index in [9.17, 15) is 4.79 Å². The van der Waals surface area contributed by atoms with Crippen molar-refractivity contribution in [2.45, 2.75) is 6.54 Å². The van der Waals surface area contributed by atoms with Crippen LogP contribution in [-0.2, 0) is 6.54 Å². The minimum Gasteiger partial charge on any atom is -0.496 e. The van der Waals surface area contributed by atoms with Crippen molar-refractivity contribution in [3.8, 4) is 17.2 Å². The zero-order chi connectivity index (χ0) is 16.1. The van der Waals surface area contributed by atoms with E-state index in [0.717, 1.165) is 0 Å². The van der Waals surface area contributed by atoms with Gasteiger partial charge in [-0.2, -0.15) is 0 Å². The highest BCUT2D eigenvalue weighted by atomic mass is 16.5. The van der Waals surface area contributed by atoms with Crippen LogP contribution in [0.5, 0.6) is 5.75 Å². The second-order valence-electron chi connectivity index (χ2n) is 4.62. The molecular formula is C16H14N4O3. The number of aromatic nitrogens is 3. The van der Waals surface area contributed by atoms with Gasteiger partial charge in [0, 0.05) is 18.0 Å². The van der Waals surface area contributed by atoms with Crippen LogP contribution in [0, 0.1) is 0 Å². The lowest BCUT2D eigenvalue weighted by atomic mass is 10.2. The van der Waals surface area contributed by atoms with Crippen molar-refractivity contribution in [1.82, 2.24) is 20.5 Å². The molecule has 0 saturated carbocycles. The van der Waals surface area contributed by atoms with Gasteiger partial charge in [0.25, 0.3) is 11.8 Å². The second kappa shape index (κ2) is 6.69. The molecule has 0 spiro atoms. The standard InChI is InChI=1S/C16H14N4O3/c1-22-13-5-3-2-4-12(13)16-20-19-14(23-16)10-18-15(21)11-6-8-17-9-7-11/h2-9H,10H2,1H3,(H,18,21). The monoisotopic (exact) mass is 310 g/mol. The Morgan fingerprint density at radius 1 is 1.17 bits per heavy atom. The van der Waals surface area contributed by atoms with E-state index in [-0.39, 0.29) is 12.5 Å². The first-order valence-electron chi connectivity index (χ1n) is 6.92. The zero-order valence-corrected chi connectivity index (χ0v) is 12.4. The molecule has 7 heteroatoms. The van der Waals surface area contributed by atoms with Gasteiger partial charge in [-0.15, -0.1) is 10.2 Å². The molecule has 0 bridgehead atoms. The Morgan fingerprint density at radius 2 is 1.96 bits per heavy atom. The average molecular weight is 310 g/mol. The number of pyridine rings is 1. The molecule has 0 aliphatic rings. The van der Waals surface area contributed by atoms with Crippen molar-refractivity contribution in [2.75, 3.05) is 7.11 Å². The van der Waals surface area contributed by atoms with Crippen LogP contribution in [0.3, 0.4) is 0 Å². The van der Waals surface area contributed by atoms with Crippen LogP contribution in [0.2, 0.25) is 0 Å². The lowest BCUT2D eigenvalue weighted by molar-refractivity contribution is 0.0947. The van der Waals surface area contributed by atoms with Crippen molar-refractivity contribution >= 4 is 5.91 Å². The Labute approximate surface area is 132 Å². The van der Waals surface area contributed by atoms with E-state index in [2.05, 4.69) is 20.5 Å². The largest absolute Gasteiger partial charge is 0.496 e. The van der Waals surface area contributed by atoms with E-state index in [1.807, 2.05) is 24.3 Å². The molecule has 0 aliphatic heterocycles. The highest BCUT2D eigenvalue weighted by Crippen LogP contribution is 2.28. The number of carbonyl (C=O) groups is 1. The second-order valence-corrected chi connectivity index (χ2v) is 4.62. The van der Waals surface area contributed by atoms with E-state index in [1.54, 1.807) is 31.6 Å². The molecule has 116 valence electrons. The van der Waals surface area contributed by atoms with Gasteiger partial charge in [-0.3, -0.25) is 9.78 Å². The Hall–Kier alpha value is -3.22. The minimum atomic E-state index is -0.232. The highest BCUT2D eigenvalue weighted by molar-refractivity contribution is 5.93. The van der Waals surface area contributed by atoms with Gasteiger partial charge in [0.15, 0.2) is 0 Å². The van der Waals surface area contributed by atoms with Crippen LogP contribution in [0.1, 0.15) is 16.2 Å². The normalized spacial score (nSPS) is 10.3. The SMILES string of the molecule is COc1ccccc1-c1nnc(CNC(=O)c2ccncc2)o1. The summed E-state index contributed by atoms with van der Waals surface area (Å²) < 4.78 is 10.8. The molecule has 0 saturated heterocycles. The van der Waals surface area contributed by atoms with Crippen LogP contribution >= 0.6 is 0 Å². The van der Waals surface area contributed by atoms with Gasteiger partial charge in [0.2, 0.25) is 5.89 Å². The lowest BCUT2D eigenvalue weighted by Crippen LogP contribution is -2.22. The van der Waals surface area contributed by atoms with Crippen LogP contribution < -0.4 is 10.1 Å². The maximum atomic E-state index is 11.9. The number of nitrogens with one attached hydrogen (secondary N) is 1. The molecule has 23 heavy (non-hydrogen) atoms. The third-order valence-electron chi connectivity index (χ3n) is 3.15. The van der Waals surface area contributed by atoms with Crippen molar-refractivity contribution < 1.29 is 13.9 Å². The van der Waals surface area contributed by atoms with Crippen LogP contribution in [0.4, 0.5) is 0 Å². The summed E-state index contributed by atoms with van der Waals surface area (Å²) in [6.07, 6.45) is 3.11. The highest BCUT2D eigenvalue weighted by Gasteiger charge is 2.13. The summed E-state index contributed by atoms with van der Waals surface area (Å²) in [4.78, 5) is 15.8. The third-order valence-corrected chi connectivity index (χ3v) is 3.15. The van der Waals surface area contributed by atoms with Gasteiger partial charge in [-0.05, 0) is 24.3 Å². The van der Waals surface area contributed by atoms with Gasteiger partial charge in [-0.25, -0.2) is 0 Å². The summed E-state index contributed by atoms with van der Waals surface area (Å²) in [5.41, 5.74) is 1.22. The predicted molar refractivity (Wildman–Crippen MR) is 81.7 cm³/mol. The number of amides is 1. The molecule has 1 aromatic carbocycles. The van der Waals surface area contributed by atoms with Gasteiger partial charge >= 0.3 is 0 Å². The summed E-state index contributed by atoms with van der Waals surface area (Å²) in [6.45, 7) is 0.142. The summed E-state index contributed by atoms with van der Waals surface area (Å²) >= 11 is 0. The molecule has 2 aromatic heterocycles. The molecule has 2 heterocycles. The Bertz CT molecular complexity index is 802. The molecule has 3 rings (SSSR count). The molecule has 0 aliphatic carbocycles. The molecule has 0 radical (unpaired) electrons. The quantitative estimate of drug-likeness (QED) is 0.776.